The fourth-order valence-corrected chi connectivity index (χ4v) is 2.24. The number of nitrogens with zero attached hydrogens (tertiary/aromatic N) is 1. The van der Waals surface area contributed by atoms with Crippen molar-refractivity contribution in [3.63, 3.8) is 0 Å². The summed E-state index contributed by atoms with van der Waals surface area (Å²) in [5.41, 5.74) is 0.541. The van der Waals surface area contributed by atoms with E-state index >= 15 is 0 Å². The van der Waals surface area contributed by atoms with Gasteiger partial charge in [0.2, 0.25) is 5.91 Å². The van der Waals surface area contributed by atoms with Crippen LogP contribution < -0.4 is 5.32 Å². The molecule has 0 aromatic heterocycles. The Bertz CT molecular complexity index is 414. The SMILES string of the molecule is CN1CCC(C(=O)NCc2ccccc2F)CC1. The summed E-state index contributed by atoms with van der Waals surface area (Å²) in [5, 5.41) is 2.83. The standard InChI is InChI=1S/C14H19FN2O/c1-17-8-6-11(7-9-17)14(18)16-10-12-4-2-3-5-13(12)15/h2-5,11H,6-10H2,1H3,(H,16,18). The molecule has 1 aliphatic rings. The van der Waals surface area contributed by atoms with E-state index in [-0.39, 0.29) is 24.2 Å². The molecule has 0 unspecified atom stereocenters. The summed E-state index contributed by atoms with van der Waals surface area (Å²) in [6.45, 7) is 2.19. The fraction of sp³-hybridized carbons (Fsp3) is 0.500. The number of carbonyl (C=O) groups excluding carboxylic acids is 1. The summed E-state index contributed by atoms with van der Waals surface area (Å²) in [6.07, 6.45) is 1.78. The first-order valence-corrected chi connectivity index (χ1v) is 6.36. The Morgan fingerprint density at radius 3 is 2.72 bits per heavy atom. The number of carbonyl (C=O) groups is 1. The fourth-order valence-electron chi connectivity index (χ4n) is 2.24. The molecule has 1 aromatic carbocycles. The monoisotopic (exact) mass is 250 g/mol. The summed E-state index contributed by atoms with van der Waals surface area (Å²) < 4.78 is 13.4. The molecule has 3 nitrogen and oxygen atoms in total. The maximum Gasteiger partial charge on any atom is 0.223 e. The molecule has 0 aliphatic carbocycles. The van der Waals surface area contributed by atoms with Crippen LogP contribution in [-0.4, -0.2) is 30.9 Å². The highest BCUT2D eigenvalue weighted by Gasteiger charge is 2.23. The lowest BCUT2D eigenvalue weighted by atomic mass is 9.96. The van der Waals surface area contributed by atoms with Crippen LogP contribution in [0.5, 0.6) is 0 Å². The van der Waals surface area contributed by atoms with E-state index in [4.69, 9.17) is 0 Å². The normalized spacial score (nSPS) is 17.7. The van der Waals surface area contributed by atoms with Crippen LogP contribution in [0.25, 0.3) is 0 Å². The lowest BCUT2D eigenvalue weighted by Gasteiger charge is -2.28. The number of rotatable bonds is 3. The molecule has 1 heterocycles. The Labute approximate surface area is 107 Å². The third kappa shape index (κ3) is 3.29. The van der Waals surface area contributed by atoms with Crippen LogP contribution in [-0.2, 0) is 11.3 Å². The number of halogens is 1. The number of nitrogens with one attached hydrogen (secondary N) is 1. The van der Waals surface area contributed by atoms with E-state index in [1.165, 1.54) is 6.07 Å². The van der Waals surface area contributed by atoms with Crippen molar-refractivity contribution in [2.24, 2.45) is 5.92 Å². The largest absolute Gasteiger partial charge is 0.352 e. The molecule has 1 amide bonds. The van der Waals surface area contributed by atoms with E-state index in [0.717, 1.165) is 25.9 Å². The van der Waals surface area contributed by atoms with Gasteiger partial charge in [-0.05, 0) is 39.0 Å². The van der Waals surface area contributed by atoms with Crippen molar-refractivity contribution in [1.82, 2.24) is 10.2 Å². The quantitative estimate of drug-likeness (QED) is 0.887. The highest BCUT2D eigenvalue weighted by atomic mass is 19.1. The third-order valence-electron chi connectivity index (χ3n) is 3.50. The number of amides is 1. The Morgan fingerprint density at radius 2 is 2.06 bits per heavy atom. The first kappa shape index (κ1) is 13.0. The summed E-state index contributed by atoms with van der Waals surface area (Å²) in [4.78, 5) is 14.2. The van der Waals surface area contributed by atoms with Gasteiger partial charge >= 0.3 is 0 Å². The van der Waals surface area contributed by atoms with Gasteiger partial charge in [-0.15, -0.1) is 0 Å². The Morgan fingerprint density at radius 1 is 1.39 bits per heavy atom. The van der Waals surface area contributed by atoms with Crippen LogP contribution in [0, 0.1) is 11.7 Å². The molecule has 98 valence electrons. The van der Waals surface area contributed by atoms with Crippen LogP contribution in [0.4, 0.5) is 4.39 Å². The van der Waals surface area contributed by atoms with Crippen molar-refractivity contribution >= 4 is 5.91 Å². The minimum atomic E-state index is -0.263. The zero-order valence-electron chi connectivity index (χ0n) is 10.7. The van der Waals surface area contributed by atoms with E-state index in [1.807, 2.05) is 0 Å². The Hall–Kier alpha value is -1.42. The summed E-state index contributed by atoms with van der Waals surface area (Å²) >= 11 is 0. The first-order valence-electron chi connectivity index (χ1n) is 6.36. The second kappa shape index (κ2) is 5.96. The van der Waals surface area contributed by atoms with E-state index in [1.54, 1.807) is 18.2 Å². The van der Waals surface area contributed by atoms with Crippen molar-refractivity contribution in [3.8, 4) is 0 Å². The topological polar surface area (TPSA) is 32.3 Å². The van der Waals surface area contributed by atoms with E-state index in [2.05, 4.69) is 17.3 Å². The van der Waals surface area contributed by atoms with Crippen molar-refractivity contribution in [3.05, 3.63) is 35.6 Å². The van der Waals surface area contributed by atoms with E-state index in [0.29, 0.717) is 5.56 Å². The van der Waals surface area contributed by atoms with Gasteiger partial charge in [0.05, 0.1) is 0 Å². The predicted molar refractivity (Wildman–Crippen MR) is 68.5 cm³/mol. The number of hydrogen-bond donors (Lipinski definition) is 1. The molecule has 0 bridgehead atoms. The van der Waals surface area contributed by atoms with Gasteiger partial charge in [0.25, 0.3) is 0 Å². The van der Waals surface area contributed by atoms with Gasteiger partial charge in [-0.3, -0.25) is 4.79 Å². The zero-order chi connectivity index (χ0) is 13.0. The number of benzene rings is 1. The molecule has 0 saturated carbocycles. The van der Waals surface area contributed by atoms with Crippen LogP contribution in [0.1, 0.15) is 18.4 Å². The van der Waals surface area contributed by atoms with Crippen molar-refractivity contribution in [2.75, 3.05) is 20.1 Å². The summed E-state index contributed by atoms with van der Waals surface area (Å²) in [5.74, 6) is -0.138. The highest BCUT2D eigenvalue weighted by Crippen LogP contribution is 2.16. The second-order valence-electron chi connectivity index (χ2n) is 4.89. The van der Waals surface area contributed by atoms with Crippen molar-refractivity contribution in [1.29, 1.82) is 0 Å². The van der Waals surface area contributed by atoms with Gasteiger partial charge in [-0.2, -0.15) is 0 Å². The Kier molecular flexibility index (Phi) is 4.31. The van der Waals surface area contributed by atoms with Crippen molar-refractivity contribution in [2.45, 2.75) is 19.4 Å². The molecule has 18 heavy (non-hydrogen) atoms. The third-order valence-corrected chi connectivity index (χ3v) is 3.50. The molecule has 2 rings (SSSR count). The van der Waals surface area contributed by atoms with Gasteiger partial charge in [-0.25, -0.2) is 4.39 Å². The number of likely N-dealkylation sites (tertiary alicyclic amines) is 1. The lowest BCUT2D eigenvalue weighted by Crippen LogP contribution is -2.38. The van der Waals surface area contributed by atoms with Crippen LogP contribution in [0.2, 0.25) is 0 Å². The molecule has 0 atom stereocenters. The molecule has 0 spiro atoms. The molecule has 1 aromatic rings. The molecule has 1 aliphatic heterocycles. The van der Waals surface area contributed by atoms with Gasteiger partial charge in [0.1, 0.15) is 5.82 Å². The maximum absolute atomic E-state index is 13.4. The second-order valence-corrected chi connectivity index (χ2v) is 4.89. The number of piperidine rings is 1. The summed E-state index contributed by atoms with van der Waals surface area (Å²) in [7, 11) is 2.06. The zero-order valence-corrected chi connectivity index (χ0v) is 10.7. The molecule has 1 N–H and O–H groups in total. The van der Waals surface area contributed by atoms with Crippen molar-refractivity contribution < 1.29 is 9.18 Å². The average molecular weight is 250 g/mol. The van der Waals surface area contributed by atoms with Crippen LogP contribution in [0.3, 0.4) is 0 Å². The number of hydrogen-bond acceptors (Lipinski definition) is 2. The highest BCUT2D eigenvalue weighted by molar-refractivity contribution is 5.78. The van der Waals surface area contributed by atoms with Crippen LogP contribution >= 0.6 is 0 Å². The van der Waals surface area contributed by atoms with E-state index in [9.17, 15) is 9.18 Å². The molecular formula is C14H19FN2O. The van der Waals surface area contributed by atoms with Gasteiger partial charge in [-0.1, -0.05) is 18.2 Å². The first-order chi connectivity index (χ1) is 8.66. The molecular weight excluding hydrogens is 231 g/mol. The minimum absolute atomic E-state index is 0.0475. The van der Waals surface area contributed by atoms with Gasteiger partial charge < -0.3 is 10.2 Å². The summed E-state index contributed by atoms with van der Waals surface area (Å²) in [6, 6.07) is 6.54. The Balaban J connectivity index is 1.83. The van der Waals surface area contributed by atoms with Gasteiger partial charge in [0.15, 0.2) is 0 Å². The average Bonchev–Trinajstić information content (AvgIpc) is 2.38. The minimum Gasteiger partial charge on any atom is -0.352 e. The molecule has 4 heteroatoms. The lowest BCUT2D eigenvalue weighted by molar-refractivity contribution is -0.126. The molecule has 1 saturated heterocycles. The van der Waals surface area contributed by atoms with E-state index < -0.39 is 0 Å². The molecule has 0 radical (unpaired) electrons. The van der Waals surface area contributed by atoms with Crippen LogP contribution in [0.15, 0.2) is 24.3 Å². The maximum atomic E-state index is 13.4. The predicted octanol–water partition coefficient (Wildman–Crippen LogP) is 1.78. The smallest absolute Gasteiger partial charge is 0.223 e. The van der Waals surface area contributed by atoms with Gasteiger partial charge in [0, 0.05) is 18.0 Å². The molecule has 1 fully saturated rings.